The molecule has 0 N–H and O–H groups in total. The molecule has 0 aliphatic carbocycles. The molecule has 0 amide bonds. The van der Waals surface area contributed by atoms with E-state index in [1.807, 2.05) is 18.3 Å². The smallest absolute Gasteiger partial charge is 0.0421 e. The predicted molar refractivity (Wildman–Crippen MR) is 57.1 cm³/mol. The molecule has 0 atom stereocenters. The third-order valence-electron chi connectivity index (χ3n) is 2.26. The number of nitrogens with zero attached hydrogens (tertiary/aromatic N) is 2. The fraction of sp³-hybridized carbons (Fsp3) is 0.250. The van der Waals surface area contributed by atoms with Crippen molar-refractivity contribution in [2.45, 2.75) is 19.9 Å². The molecule has 0 spiro atoms. The molecule has 2 rings (SSSR count). The fourth-order valence-corrected chi connectivity index (χ4v) is 1.41. The van der Waals surface area contributed by atoms with E-state index in [1.54, 1.807) is 0 Å². The minimum Gasteiger partial charge on any atom is -0.354 e. The number of rotatable bonds is 3. The van der Waals surface area contributed by atoms with Crippen LogP contribution >= 0.6 is 0 Å². The van der Waals surface area contributed by atoms with Crippen LogP contribution in [0.1, 0.15) is 11.3 Å². The second-order valence-corrected chi connectivity index (χ2v) is 3.50. The summed E-state index contributed by atoms with van der Waals surface area (Å²) in [5.74, 6) is 0. The van der Waals surface area contributed by atoms with Gasteiger partial charge in [-0.15, -0.1) is 0 Å². The topological polar surface area (TPSA) is 17.8 Å². The van der Waals surface area contributed by atoms with Gasteiger partial charge in [0.15, 0.2) is 0 Å². The highest BCUT2D eigenvalue weighted by molar-refractivity contribution is 5.12. The minimum atomic E-state index is 0.995. The number of hydrogen-bond donors (Lipinski definition) is 0. The summed E-state index contributed by atoms with van der Waals surface area (Å²) in [6.07, 6.45) is 7.07. The first kappa shape index (κ1) is 9.00. The lowest BCUT2D eigenvalue weighted by Gasteiger charge is -2.02. The average Bonchev–Trinajstić information content (AvgIpc) is 2.70. The average molecular weight is 186 g/mol. The van der Waals surface area contributed by atoms with Crippen LogP contribution in [0.5, 0.6) is 0 Å². The maximum atomic E-state index is 4.36. The molecule has 14 heavy (non-hydrogen) atoms. The van der Waals surface area contributed by atoms with Gasteiger partial charge in [-0.2, -0.15) is 0 Å². The Morgan fingerprint density at radius 2 is 2.00 bits per heavy atom. The van der Waals surface area contributed by atoms with E-state index in [9.17, 15) is 0 Å². The largest absolute Gasteiger partial charge is 0.354 e. The van der Waals surface area contributed by atoms with Gasteiger partial charge >= 0.3 is 0 Å². The molecule has 0 aliphatic rings. The molecule has 2 aromatic heterocycles. The van der Waals surface area contributed by atoms with Crippen molar-refractivity contribution < 1.29 is 0 Å². The van der Waals surface area contributed by atoms with Crippen molar-refractivity contribution in [3.05, 3.63) is 54.1 Å². The summed E-state index contributed by atoms with van der Waals surface area (Å²) in [6.45, 7) is 3.06. The molecule has 2 heteroatoms. The third kappa shape index (κ3) is 2.22. The molecule has 0 saturated heterocycles. The van der Waals surface area contributed by atoms with Gasteiger partial charge in [0.2, 0.25) is 0 Å². The van der Waals surface area contributed by atoms with Gasteiger partial charge in [0.1, 0.15) is 0 Å². The quantitative estimate of drug-likeness (QED) is 0.720. The summed E-state index contributed by atoms with van der Waals surface area (Å²) in [5, 5.41) is 0. The van der Waals surface area contributed by atoms with Crippen LogP contribution in [-0.2, 0) is 13.0 Å². The standard InChI is InChI=1S/C12H14N2/c1-11-4-5-12(13-10-11)6-9-14-7-2-3-8-14/h2-5,7-8,10H,6,9H2,1H3. The Labute approximate surface area is 84.2 Å². The van der Waals surface area contributed by atoms with E-state index < -0.39 is 0 Å². The molecule has 0 bridgehead atoms. The van der Waals surface area contributed by atoms with Gasteiger partial charge in [-0.1, -0.05) is 6.07 Å². The van der Waals surface area contributed by atoms with Crippen molar-refractivity contribution in [2.24, 2.45) is 0 Å². The number of pyridine rings is 1. The van der Waals surface area contributed by atoms with Crippen molar-refractivity contribution in [3.63, 3.8) is 0 Å². The van der Waals surface area contributed by atoms with Gasteiger partial charge in [-0.3, -0.25) is 4.98 Å². The first-order chi connectivity index (χ1) is 6.84. The van der Waals surface area contributed by atoms with Crippen LogP contribution in [0.2, 0.25) is 0 Å². The number of hydrogen-bond acceptors (Lipinski definition) is 1. The Kier molecular flexibility index (Phi) is 2.63. The molecule has 0 aliphatic heterocycles. The van der Waals surface area contributed by atoms with E-state index in [0.717, 1.165) is 18.7 Å². The molecule has 0 saturated carbocycles. The highest BCUT2D eigenvalue weighted by Crippen LogP contribution is 2.01. The van der Waals surface area contributed by atoms with E-state index in [1.165, 1.54) is 5.56 Å². The SMILES string of the molecule is Cc1ccc(CCn2cccc2)nc1. The van der Waals surface area contributed by atoms with Crippen LogP contribution in [0.25, 0.3) is 0 Å². The van der Waals surface area contributed by atoms with Gasteiger partial charge < -0.3 is 4.57 Å². The van der Waals surface area contributed by atoms with E-state index in [-0.39, 0.29) is 0 Å². The Balaban J connectivity index is 1.95. The zero-order valence-corrected chi connectivity index (χ0v) is 8.35. The second-order valence-electron chi connectivity index (χ2n) is 3.50. The summed E-state index contributed by atoms with van der Waals surface area (Å²) in [6, 6.07) is 8.29. The van der Waals surface area contributed by atoms with Crippen molar-refractivity contribution in [2.75, 3.05) is 0 Å². The van der Waals surface area contributed by atoms with Gasteiger partial charge in [0.05, 0.1) is 0 Å². The van der Waals surface area contributed by atoms with Crippen LogP contribution < -0.4 is 0 Å². The van der Waals surface area contributed by atoms with E-state index in [2.05, 4.69) is 41.0 Å². The molecular formula is C12H14N2. The molecule has 0 fully saturated rings. The predicted octanol–water partition coefficient (Wildman–Crippen LogP) is 2.43. The first-order valence-corrected chi connectivity index (χ1v) is 4.87. The van der Waals surface area contributed by atoms with Crippen molar-refractivity contribution >= 4 is 0 Å². The molecule has 72 valence electrons. The fourth-order valence-electron chi connectivity index (χ4n) is 1.41. The monoisotopic (exact) mass is 186 g/mol. The van der Waals surface area contributed by atoms with Crippen LogP contribution in [0.3, 0.4) is 0 Å². The summed E-state index contributed by atoms with van der Waals surface area (Å²) in [4.78, 5) is 4.36. The number of aryl methyl sites for hydroxylation is 3. The molecule has 2 nitrogen and oxygen atoms in total. The van der Waals surface area contributed by atoms with Crippen LogP contribution in [0, 0.1) is 6.92 Å². The lowest BCUT2D eigenvalue weighted by molar-refractivity contribution is 0.689. The van der Waals surface area contributed by atoms with Crippen LogP contribution in [0.4, 0.5) is 0 Å². The van der Waals surface area contributed by atoms with Crippen molar-refractivity contribution in [3.8, 4) is 0 Å². The highest BCUT2D eigenvalue weighted by Gasteiger charge is 1.94. The van der Waals surface area contributed by atoms with E-state index in [0.29, 0.717) is 0 Å². The number of aromatic nitrogens is 2. The van der Waals surface area contributed by atoms with Gasteiger partial charge in [-0.25, -0.2) is 0 Å². The maximum Gasteiger partial charge on any atom is 0.0421 e. The summed E-state index contributed by atoms with van der Waals surface area (Å²) in [5.41, 5.74) is 2.37. The van der Waals surface area contributed by atoms with Gasteiger partial charge in [0, 0.05) is 37.3 Å². The molecule has 0 radical (unpaired) electrons. The van der Waals surface area contributed by atoms with Gasteiger partial charge in [-0.05, 0) is 30.7 Å². The van der Waals surface area contributed by atoms with Crippen LogP contribution in [-0.4, -0.2) is 9.55 Å². The van der Waals surface area contributed by atoms with E-state index in [4.69, 9.17) is 0 Å². The maximum absolute atomic E-state index is 4.36. The summed E-state index contributed by atoms with van der Waals surface area (Å²) >= 11 is 0. The summed E-state index contributed by atoms with van der Waals surface area (Å²) in [7, 11) is 0. The normalized spacial score (nSPS) is 10.4. The Hall–Kier alpha value is -1.57. The second kappa shape index (κ2) is 4.09. The molecular weight excluding hydrogens is 172 g/mol. The Morgan fingerprint density at radius 3 is 2.64 bits per heavy atom. The lowest BCUT2D eigenvalue weighted by Crippen LogP contribution is -1.99. The minimum absolute atomic E-state index is 0.995. The third-order valence-corrected chi connectivity index (χ3v) is 2.26. The Morgan fingerprint density at radius 1 is 1.21 bits per heavy atom. The Bertz CT molecular complexity index is 373. The first-order valence-electron chi connectivity index (χ1n) is 4.87. The van der Waals surface area contributed by atoms with Crippen molar-refractivity contribution in [1.29, 1.82) is 0 Å². The molecule has 0 unspecified atom stereocenters. The zero-order valence-electron chi connectivity index (χ0n) is 8.35. The molecule has 0 aromatic carbocycles. The highest BCUT2D eigenvalue weighted by atomic mass is 14.9. The van der Waals surface area contributed by atoms with E-state index >= 15 is 0 Å². The van der Waals surface area contributed by atoms with Crippen LogP contribution in [0.15, 0.2) is 42.9 Å². The molecule has 2 heterocycles. The van der Waals surface area contributed by atoms with Crippen molar-refractivity contribution in [1.82, 2.24) is 9.55 Å². The summed E-state index contributed by atoms with van der Waals surface area (Å²) < 4.78 is 2.17. The van der Waals surface area contributed by atoms with Gasteiger partial charge in [0.25, 0.3) is 0 Å². The zero-order chi connectivity index (χ0) is 9.80. The lowest BCUT2D eigenvalue weighted by atomic mass is 10.2. The molecule has 2 aromatic rings.